The third-order valence-electron chi connectivity index (χ3n) is 6.59. The zero-order valence-corrected chi connectivity index (χ0v) is 17.8. The molecule has 8 heteroatoms. The van der Waals surface area contributed by atoms with Crippen molar-refractivity contribution in [2.75, 3.05) is 42.1 Å². The molecule has 0 atom stereocenters. The summed E-state index contributed by atoms with van der Waals surface area (Å²) in [6.45, 7) is 8.13. The van der Waals surface area contributed by atoms with Gasteiger partial charge in [0, 0.05) is 44.1 Å². The van der Waals surface area contributed by atoms with E-state index in [1.54, 1.807) is 6.20 Å². The van der Waals surface area contributed by atoms with Crippen LogP contribution in [0.5, 0.6) is 0 Å². The van der Waals surface area contributed by atoms with Gasteiger partial charge in [-0.05, 0) is 44.4 Å². The molecular weight excluding hydrogens is 376 g/mol. The molecule has 3 aromatic rings. The van der Waals surface area contributed by atoms with Gasteiger partial charge in [0.05, 0.1) is 11.1 Å². The fraction of sp³-hybridized carbons (Fsp3) is 0.500. The predicted octanol–water partition coefficient (Wildman–Crippen LogP) is 3.29. The fourth-order valence-corrected chi connectivity index (χ4v) is 4.95. The van der Waals surface area contributed by atoms with Crippen molar-refractivity contribution in [2.24, 2.45) is 0 Å². The molecule has 30 heavy (non-hydrogen) atoms. The number of nitrogens with two attached hydrogens (primary N) is 1. The third kappa shape index (κ3) is 3.25. The Morgan fingerprint density at radius 3 is 2.67 bits per heavy atom. The first-order valence-corrected chi connectivity index (χ1v) is 11.0. The molecule has 8 nitrogen and oxygen atoms in total. The van der Waals surface area contributed by atoms with Crippen LogP contribution in [0, 0.1) is 13.8 Å². The van der Waals surface area contributed by atoms with E-state index in [-0.39, 0.29) is 0 Å². The van der Waals surface area contributed by atoms with Crippen molar-refractivity contribution < 1.29 is 0 Å². The van der Waals surface area contributed by atoms with Crippen LogP contribution >= 0.6 is 0 Å². The Balaban J connectivity index is 1.55. The molecule has 1 aliphatic heterocycles. The molecule has 1 saturated carbocycles. The Bertz CT molecular complexity index is 1060. The number of nitrogen functional groups attached to an aromatic ring is 1. The largest absolute Gasteiger partial charge is 0.383 e. The minimum Gasteiger partial charge on any atom is -0.383 e. The topological polar surface area (TPSA) is 96.9 Å². The lowest BCUT2D eigenvalue weighted by atomic mass is 10.2. The number of piperazine rings is 1. The summed E-state index contributed by atoms with van der Waals surface area (Å²) in [7, 11) is 0. The molecule has 2 fully saturated rings. The number of aromatic nitrogens is 4. The van der Waals surface area contributed by atoms with Gasteiger partial charge in [0.25, 0.3) is 0 Å². The zero-order chi connectivity index (χ0) is 20.7. The number of nitrogens with zero attached hydrogens (tertiary/aromatic N) is 5. The standard InChI is InChI=1S/C22H30N8/c1-14-15(2)30(16-6-3-4-7-16)21-18(14)19(23)26-22(28-21)27-20-17(8-5-9-25-20)29-12-10-24-11-13-29/h5,8-9,16,24H,3-4,6-7,10-13H2,1-2H3,(H3,23,25,26,27,28). The molecule has 0 spiro atoms. The molecule has 1 aliphatic carbocycles. The van der Waals surface area contributed by atoms with Gasteiger partial charge in [-0.15, -0.1) is 0 Å². The molecule has 2 aliphatic rings. The average Bonchev–Trinajstić information content (AvgIpc) is 3.36. The average molecular weight is 407 g/mol. The lowest BCUT2D eigenvalue weighted by Gasteiger charge is -2.30. The first kappa shape index (κ1) is 19.1. The molecule has 0 radical (unpaired) electrons. The number of aryl methyl sites for hydroxylation is 1. The number of pyridine rings is 1. The van der Waals surface area contributed by atoms with Crippen molar-refractivity contribution >= 4 is 34.3 Å². The van der Waals surface area contributed by atoms with E-state index in [2.05, 4.69) is 50.0 Å². The van der Waals surface area contributed by atoms with Crippen LogP contribution in [0.2, 0.25) is 0 Å². The van der Waals surface area contributed by atoms with Gasteiger partial charge in [-0.2, -0.15) is 9.97 Å². The SMILES string of the molecule is Cc1c(C)n(C2CCCC2)c2nc(Nc3ncccc3N3CCNCC3)nc(N)c12. The monoisotopic (exact) mass is 406 g/mol. The van der Waals surface area contributed by atoms with E-state index in [4.69, 9.17) is 10.7 Å². The quantitative estimate of drug-likeness (QED) is 0.612. The predicted molar refractivity (Wildman–Crippen MR) is 122 cm³/mol. The van der Waals surface area contributed by atoms with Crippen molar-refractivity contribution in [3.05, 3.63) is 29.6 Å². The molecule has 0 aromatic carbocycles. The lowest BCUT2D eigenvalue weighted by molar-refractivity contribution is 0.521. The second-order valence-corrected chi connectivity index (χ2v) is 8.38. The van der Waals surface area contributed by atoms with Crippen molar-refractivity contribution in [3.8, 4) is 0 Å². The van der Waals surface area contributed by atoms with Crippen molar-refractivity contribution in [2.45, 2.75) is 45.6 Å². The summed E-state index contributed by atoms with van der Waals surface area (Å²) in [5.74, 6) is 1.80. The number of hydrogen-bond acceptors (Lipinski definition) is 7. The van der Waals surface area contributed by atoms with Crippen LogP contribution in [0.4, 0.5) is 23.3 Å². The number of hydrogen-bond donors (Lipinski definition) is 3. The summed E-state index contributed by atoms with van der Waals surface area (Å²) in [5, 5.41) is 7.74. The smallest absolute Gasteiger partial charge is 0.232 e. The van der Waals surface area contributed by atoms with Gasteiger partial charge < -0.3 is 25.8 Å². The summed E-state index contributed by atoms with van der Waals surface area (Å²) < 4.78 is 2.39. The molecule has 4 heterocycles. The highest BCUT2D eigenvalue weighted by molar-refractivity contribution is 5.92. The minimum atomic E-state index is 0.495. The van der Waals surface area contributed by atoms with Gasteiger partial charge in [-0.1, -0.05) is 12.8 Å². The van der Waals surface area contributed by atoms with Crippen LogP contribution in [0.1, 0.15) is 43.0 Å². The third-order valence-corrected chi connectivity index (χ3v) is 6.59. The fourth-order valence-electron chi connectivity index (χ4n) is 4.95. The Morgan fingerprint density at radius 1 is 1.13 bits per heavy atom. The van der Waals surface area contributed by atoms with Crippen LogP contribution in [-0.2, 0) is 0 Å². The molecule has 158 valence electrons. The van der Waals surface area contributed by atoms with Gasteiger partial charge in [0.2, 0.25) is 5.95 Å². The molecule has 0 unspecified atom stereocenters. The van der Waals surface area contributed by atoms with Gasteiger partial charge >= 0.3 is 0 Å². The highest BCUT2D eigenvalue weighted by atomic mass is 15.2. The summed E-state index contributed by atoms with van der Waals surface area (Å²) in [6.07, 6.45) is 6.74. The zero-order valence-electron chi connectivity index (χ0n) is 17.8. The number of nitrogens with one attached hydrogen (secondary N) is 2. The molecular formula is C22H30N8. The molecule has 0 bridgehead atoms. The van der Waals surface area contributed by atoms with Gasteiger partial charge in [-0.3, -0.25) is 0 Å². The first-order valence-electron chi connectivity index (χ1n) is 11.0. The van der Waals surface area contributed by atoms with Crippen molar-refractivity contribution in [1.29, 1.82) is 0 Å². The highest BCUT2D eigenvalue weighted by Crippen LogP contribution is 2.38. The maximum Gasteiger partial charge on any atom is 0.232 e. The minimum absolute atomic E-state index is 0.495. The second kappa shape index (κ2) is 7.75. The van der Waals surface area contributed by atoms with E-state index in [0.717, 1.165) is 48.7 Å². The number of anilines is 4. The van der Waals surface area contributed by atoms with Crippen LogP contribution < -0.4 is 21.3 Å². The van der Waals surface area contributed by atoms with E-state index in [1.807, 2.05) is 6.07 Å². The maximum absolute atomic E-state index is 6.43. The number of fused-ring (bicyclic) bond motifs is 1. The van der Waals surface area contributed by atoms with Crippen LogP contribution in [0.3, 0.4) is 0 Å². The van der Waals surface area contributed by atoms with Gasteiger partial charge in [-0.25, -0.2) is 4.98 Å². The molecule has 3 aromatic heterocycles. The summed E-state index contributed by atoms with van der Waals surface area (Å²) in [5.41, 5.74) is 10.9. The maximum atomic E-state index is 6.43. The van der Waals surface area contributed by atoms with Gasteiger partial charge in [0.15, 0.2) is 5.82 Å². The van der Waals surface area contributed by atoms with Gasteiger partial charge in [0.1, 0.15) is 11.5 Å². The lowest BCUT2D eigenvalue weighted by Crippen LogP contribution is -2.43. The van der Waals surface area contributed by atoms with Crippen LogP contribution in [-0.4, -0.2) is 45.7 Å². The van der Waals surface area contributed by atoms with E-state index in [9.17, 15) is 0 Å². The summed E-state index contributed by atoms with van der Waals surface area (Å²) >= 11 is 0. The second-order valence-electron chi connectivity index (χ2n) is 8.38. The van der Waals surface area contributed by atoms with E-state index >= 15 is 0 Å². The molecule has 4 N–H and O–H groups in total. The van der Waals surface area contributed by atoms with Crippen LogP contribution in [0.15, 0.2) is 18.3 Å². The molecule has 1 saturated heterocycles. The Morgan fingerprint density at radius 2 is 1.90 bits per heavy atom. The highest BCUT2D eigenvalue weighted by Gasteiger charge is 2.25. The van der Waals surface area contributed by atoms with E-state index in [1.165, 1.54) is 36.9 Å². The number of rotatable bonds is 4. The Hall–Kier alpha value is -2.87. The molecule has 0 amide bonds. The Labute approximate surface area is 176 Å². The molecule has 5 rings (SSSR count). The normalized spacial score (nSPS) is 17.7. The van der Waals surface area contributed by atoms with E-state index < -0.39 is 0 Å². The van der Waals surface area contributed by atoms with Crippen molar-refractivity contribution in [1.82, 2.24) is 24.8 Å². The Kier molecular flexibility index (Phi) is 4.94. The summed E-state index contributed by atoms with van der Waals surface area (Å²) in [4.78, 5) is 16.4. The van der Waals surface area contributed by atoms with E-state index in [0.29, 0.717) is 17.8 Å². The first-order chi connectivity index (χ1) is 14.6. The van der Waals surface area contributed by atoms with Crippen molar-refractivity contribution in [3.63, 3.8) is 0 Å². The van der Waals surface area contributed by atoms with Crippen LogP contribution in [0.25, 0.3) is 11.0 Å². The summed E-state index contributed by atoms with van der Waals surface area (Å²) in [6, 6.07) is 4.56.